The fraction of sp³-hybridized carbons (Fsp3) is 0.786. The molecule has 1 fully saturated rings. The monoisotopic (exact) mass is 250 g/mol. The lowest BCUT2D eigenvalue weighted by atomic mass is 9.88. The molecule has 0 aromatic carbocycles. The van der Waals surface area contributed by atoms with Crippen LogP contribution in [0, 0.1) is 0 Å². The Morgan fingerprint density at radius 3 is 2.67 bits per heavy atom. The Hall–Kier alpha value is -0.870. The Bertz CT molecular complexity index is 410. The van der Waals surface area contributed by atoms with Crippen molar-refractivity contribution in [1.29, 1.82) is 0 Å². The number of aromatic nitrogens is 2. The molecule has 1 aromatic rings. The second kappa shape index (κ2) is 4.67. The largest absolute Gasteiger partial charge is 0.309 e. The molecule has 0 spiro atoms. The summed E-state index contributed by atoms with van der Waals surface area (Å²) in [5.41, 5.74) is 1.58. The number of nitrogens with one attached hydrogen (secondary N) is 1. The normalized spacial score (nSPS) is 28.5. The molecular weight excluding hydrogens is 224 g/mol. The summed E-state index contributed by atoms with van der Waals surface area (Å²) in [7, 11) is 1.98. The van der Waals surface area contributed by atoms with Crippen molar-refractivity contribution in [2.24, 2.45) is 7.05 Å². The Kier molecular flexibility index (Phi) is 3.52. The summed E-state index contributed by atoms with van der Waals surface area (Å²) in [5.74, 6) is 0. The van der Waals surface area contributed by atoms with Crippen LogP contribution in [0.5, 0.6) is 0 Å². The average Bonchev–Trinajstić information content (AvgIpc) is 2.70. The number of piperazine rings is 1. The number of hydrogen-bond acceptors (Lipinski definition) is 3. The molecule has 1 unspecified atom stereocenters. The molecule has 0 radical (unpaired) electrons. The van der Waals surface area contributed by atoms with E-state index in [1.54, 1.807) is 0 Å². The molecule has 2 rings (SSSR count). The van der Waals surface area contributed by atoms with Gasteiger partial charge in [-0.1, -0.05) is 6.92 Å². The van der Waals surface area contributed by atoms with Crippen LogP contribution in [0.3, 0.4) is 0 Å². The van der Waals surface area contributed by atoms with E-state index >= 15 is 0 Å². The van der Waals surface area contributed by atoms with Gasteiger partial charge < -0.3 is 5.32 Å². The molecule has 0 amide bonds. The van der Waals surface area contributed by atoms with Gasteiger partial charge in [0.05, 0.1) is 5.69 Å². The summed E-state index contributed by atoms with van der Waals surface area (Å²) >= 11 is 0. The molecule has 1 atom stereocenters. The first-order valence-electron chi connectivity index (χ1n) is 6.83. The maximum atomic E-state index is 4.51. The minimum atomic E-state index is 0.184. The van der Waals surface area contributed by atoms with Crippen LogP contribution >= 0.6 is 0 Å². The molecule has 1 aromatic heterocycles. The zero-order chi connectivity index (χ0) is 13.4. The van der Waals surface area contributed by atoms with Crippen LogP contribution in [0.2, 0.25) is 0 Å². The summed E-state index contributed by atoms with van der Waals surface area (Å²) < 4.78 is 1.88. The van der Waals surface area contributed by atoms with Crippen molar-refractivity contribution in [3.63, 3.8) is 0 Å². The van der Waals surface area contributed by atoms with Crippen molar-refractivity contribution in [3.05, 3.63) is 18.0 Å². The lowest BCUT2D eigenvalue weighted by Gasteiger charge is -2.51. The summed E-state index contributed by atoms with van der Waals surface area (Å²) in [5, 5.41) is 8.16. The Morgan fingerprint density at radius 2 is 2.11 bits per heavy atom. The predicted octanol–water partition coefficient (Wildman–Crippen LogP) is 1.77. The maximum absolute atomic E-state index is 4.51. The molecule has 0 bridgehead atoms. The van der Waals surface area contributed by atoms with Crippen molar-refractivity contribution in [2.75, 3.05) is 13.1 Å². The number of rotatable bonds is 3. The SMILES string of the molecule is CCC1(C)CNC(C)(C)CN1Cc1ccn(C)n1. The molecule has 1 saturated heterocycles. The maximum Gasteiger partial charge on any atom is 0.0764 e. The van der Waals surface area contributed by atoms with Crippen molar-refractivity contribution < 1.29 is 0 Å². The highest BCUT2D eigenvalue weighted by molar-refractivity contribution is 5.05. The highest BCUT2D eigenvalue weighted by atomic mass is 15.3. The average molecular weight is 250 g/mol. The molecule has 4 nitrogen and oxygen atoms in total. The van der Waals surface area contributed by atoms with Gasteiger partial charge in [0.2, 0.25) is 0 Å². The first-order chi connectivity index (χ1) is 8.35. The fourth-order valence-electron chi connectivity index (χ4n) is 2.60. The third kappa shape index (κ3) is 2.75. The third-order valence-electron chi connectivity index (χ3n) is 4.18. The molecule has 4 heteroatoms. The van der Waals surface area contributed by atoms with Crippen molar-refractivity contribution in [1.82, 2.24) is 20.0 Å². The standard InChI is InChI=1S/C14H26N4/c1-6-14(4)10-15-13(2,3)11-18(14)9-12-7-8-17(5)16-12/h7-8,15H,6,9-11H2,1-5H3. The van der Waals surface area contributed by atoms with Crippen LogP contribution in [-0.4, -0.2) is 38.8 Å². The van der Waals surface area contributed by atoms with Crippen molar-refractivity contribution in [2.45, 2.75) is 51.7 Å². The van der Waals surface area contributed by atoms with Crippen LogP contribution < -0.4 is 5.32 Å². The van der Waals surface area contributed by atoms with E-state index < -0.39 is 0 Å². The van der Waals surface area contributed by atoms with Gasteiger partial charge in [0.15, 0.2) is 0 Å². The number of nitrogens with zero attached hydrogens (tertiary/aromatic N) is 3. The van der Waals surface area contributed by atoms with Gasteiger partial charge in [-0.25, -0.2) is 0 Å². The van der Waals surface area contributed by atoms with E-state index in [4.69, 9.17) is 0 Å². The fourth-order valence-corrected chi connectivity index (χ4v) is 2.60. The molecule has 2 heterocycles. The molecule has 0 aliphatic carbocycles. The lowest BCUT2D eigenvalue weighted by molar-refractivity contribution is 0.0165. The molecule has 1 N–H and O–H groups in total. The van der Waals surface area contributed by atoms with E-state index in [1.165, 1.54) is 0 Å². The van der Waals surface area contributed by atoms with Crippen LogP contribution in [0.4, 0.5) is 0 Å². The molecule has 1 aliphatic heterocycles. The zero-order valence-electron chi connectivity index (χ0n) is 12.3. The highest BCUT2D eigenvalue weighted by Crippen LogP contribution is 2.27. The molecule has 18 heavy (non-hydrogen) atoms. The van der Waals surface area contributed by atoms with Crippen LogP contribution in [0.25, 0.3) is 0 Å². The van der Waals surface area contributed by atoms with E-state index in [0.717, 1.165) is 31.7 Å². The molecule has 1 aliphatic rings. The topological polar surface area (TPSA) is 33.1 Å². The van der Waals surface area contributed by atoms with E-state index in [9.17, 15) is 0 Å². The second-order valence-electron chi connectivity index (χ2n) is 6.42. The van der Waals surface area contributed by atoms with Gasteiger partial charge in [-0.3, -0.25) is 9.58 Å². The number of hydrogen-bond donors (Lipinski definition) is 1. The minimum absolute atomic E-state index is 0.184. The zero-order valence-corrected chi connectivity index (χ0v) is 12.3. The molecular formula is C14H26N4. The molecule has 0 saturated carbocycles. The van der Waals surface area contributed by atoms with E-state index in [1.807, 2.05) is 17.9 Å². The Morgan fingerprint density at radius 1 is 1.39 bits per heavy atom. The molecule has 102 valence electrons. The van der Waals surface area contributed by atoms with E-state index in [2.05, 4.69) is 49.1 Å². The number of aryl methyl sites for hydroxylation is 1. The van der Waals surface area contributed by atoms with Gasteiger partial charge in [-0.2, -0.15) is 5.10 Å². The van der Waals surface area contributed by atoms with Gasteiger partial charge in [0, 0.05) is 44.0 Å². The summed E-state index contributed by atoms with van der Waals surface area (Å²) in [6, 6.07) is 2.12. The van der Waals surface area contributed by atoms with Gasteiger partial charge in [0.1, 0.15) is 0 Å². The quantitative estimate of drug-likeness (QED) is 0.887. The van der Waals surface area contributed by atoms with Gasteiger partial charge in [-0.15, -0.1) is 0 Å². The van der Waals surface area contributed by atoms with Crippen LogP contribution in [0.15, 0.2) is 12.3 Å². The van der Waals surface area contributed by atoms with E-state index in [-0.39, 0.29) is 11.1 Å². The van der Waals surface area contributed by atoms with Gasteiger partial charge >= 0.3 is 0 Å². The van der Waals surface area contributed by atoms with Crippen molar-refractivity contribution in [3.8, 4) is 0 Å². The van der Waals surface area contributed by atoms with Crippen LogP contribution in [0.1, 0.15) is 39.8 Å². The Balaban J connectivity index is 2.15. The first kappa shape index (κ1) is 13.6. The van der Waals surface area contributed by atoms with Gasteiger partial charge in [0.25, 0.3) is 0 Å². The summed E-state index contributed by atoms with van der Waals surface area (Å²) in [6.45, 7) is 12.2. The van der Waals surface area contributed by atoms with Crippen molar-refractivity contribution >= 4 is 0 Å². The van der Waals surface area contributed by atoms with E-state index in [0.29, 0.717) is 0 Å². The third-order valence-corrected chi connectivity index (χ3v) is 4.18. The smallest absolute Gasteiger partial charge is 0.0764 e. The first-order valence-corrected chi connectivity index (χ1v) is 6.83. The van der Waals surface area contributed by atoms with Gasteiger partial charge in [-0.05, 0) is 33.3 Å². The highest BCUT2D eigenvalue weighted by Gasteiger charge is 2.39. The minimum Gasteiger partial charge on any atom is -0.309 e. The predicted molar refractivity (Wildman–Crippen MR) is 74.4 cm³/mol. The second-order valence-corrected chi connectivity index (χ2v) is 6.42. The lowest BCUT2D eigenvalue weighted by Crippen LogP contribution is -2.66. The summed E-state index contributed by atoms with van der Waals surface area (Å²) in [6.07, 6.45) is 3.18. The summed E-state index contributed by atoms with van der Waals surface area (Å²) in [4.78, 5) is 2.58. The van der Waals surface area contributed by atoms with Crippen LogP contribution in [-0.2, 0) is 13.6 Å². The Labute approximate surface area is 110 Å².